The average molecular weight is 146 g/mol. The summed E-state index contributed by atoms with van der Waals surface area (Å²) < 4.78 is 5.15. The first-order valence-electron chi connectivity index (χ1n) is 3.51. The van der Waals surface area contributed by atoms with E-state index in [2.05, 4.69) is 19.6 Å². The number of hydrogen-bond donors (Lipinski definition) is 1. The highest BCUT2D eigenvalue weighted by Gasteiger charge is 2.35. The van der Waals surface area contributed by atoms with Gasteiger partial charge in [-0.1, -0.05) is 6.92 Å². The van der Waals surface area contributed by atoms with Gasteiger partial charge in [-0.15, -0.1) is 0 Å². The summed E-state index contributed by atoms with van der Waals surface area (Å²) in [5.41, 5.74) is 0.516. The molecule has 9 heavy (non-hydrogen) atoms. The van der Waals surface area contributed by atoms with E-state index in [9.17, 15) is 0 Å². The topological polar surface area (TPSA) is 9.23 Å². The third kappa shape index (κ3) is 1.41. The monoisotopic (exact) mass is 146 g/mol. The van der Waals surface area contributed by atoms with Crippen LogP contribution >= 0.6 is 12.6 Å². The standard InChI is InChI=1S/C7H14OS/c1-2-7(3-4-9)5-8-6-7/h9H,2-6H2,1H3. The second kappa shape index (κ2) is 2.93. The van der Waals surface area contributed by atoms with E-state index in [0.717, 1.165) is 19.0 Å². The van der Waals surface area contributed by atoms with E-state index in [1.807, 2.05) is 0 Å². The quantitative estimate of drug-likeness (QED) is 0.597. The van der Waals surface area contributed by atoms with Gasteiger partial charge in [0, 0.05) is 5.41 Å². The van der Waals surface area contributed by atoms with Gasteiger partial charge >= 0.3 is 0 Å². The minimum absolute atomic E-state index is 0.516. The molecule has 1 aliphatic heterocycles. The molecule has 0 bridgehead atoms. The molecule has 1 fully saturated rings. The smallest absolute Gasteiger partial charge is 0.0544 e. The van der Waals surface area contributed by atoms with Crippen LogP contribution in [0.2, 0.25) is 0 Å². The minimum atomic E-state index is 0.516. The van der Waals surface area contributed by atoms with Crippen molar-refractivity contribution in [3.05, 3.63) is 0 Å². The first-order chi connectivity index (χ1) is 4.33. The van der Waals surface area contributed by atoms with Gasteiger partial charge in [0.2, 0.25) is 0 Å². The molecule has 0 amide bonds. The van der Waals surface area contributed by atoms with Crippen molar-refractivity contribution in [1.82, 2.24) is 0 Å². The fraction of sp³-hybridized carbons (Fsp3) is 1.00. The van der Waals surface area contributed by atoms with Crippen LogP contribution in [-0.2, 0) is 4.74 Å². The third-order valence-electron chi connectivity index (χ3n) is 2.21. The highest BCUT2D eigenvalue weighted by molar-refractivity contribution is 7.80. The Morgan fingerprint density at radius 3 is 2.33 bits per heavy atom. The molecule has 0 aliphatic carbocycles. The molecule has 1 nitrogen and oxygen atoms in total. The highest BCUT2D eigenvalue weighted by atomic mass is 32.1. The zero-order valence-electron chi connectivity index (χ0n) is 5.89. The Balaban J connectivity index is 2.28. The van der Waals surface area contributed by atoms with Crippen molar-refractivity contribution < 1.29 is 4.74 Å². The zero-order chi connectivity index (χ0) is 6.74. The lowest BCUT2D eigenvalue weighted by molar-refractivity contribution is -0.116. The molecule has 1 rings (SSSR count). The molecule has 0 N–H and O–H groups in total. The zero-order valence-corrected chi connectivity index (χ0v) is 6.79. The summed E-state index contributed by atoms with van der Waals surface area (Å²) in [6.45, 7) is 4.15. The van der Waals surface area contributed by atoms with Crippen LogP contribution < -0.4 is 0 Å². The first kappa shape index (κ1) is 7.42. The largest absolute Gasteiger partial charge is 0.380 e. The van der Waals surface area contributed by atoms with Crippen molar-refractivity contribution in [2.45, 2.75) is 19.8 Å². The molecule has 1 aliphatic rings. The van der Waals surface area contributed by atoms with Gasteiger partial charge in [-0.2, -0.15) is 12.6 Å². The van der Waals surface area contributed by atoms with E-state index in [1.165, 1.54) is 12.8 Å². The van der Waals surface area contributed by atoms with Crippen LogP contribution in [0.4, 0.5) is 0 Å². The second-order valence-corrected chi connectivity index (χ2v) is 3.27. The molecule has 0 aromatic carbocycles. The number of hydrogen-bond acceptors (Lipinski definition) is 2. The van der Waals surface area contributed by atoms with Crippen molar-refractivity contribution in [3.63, 3.8) is 0 Å². The maximum absolute atomic E-state index is 5.15. The van der Waals surface area contributed by atoms with E-state index >= 15 is 0 Å². The summed E-state index contributed by atoms with van der Waals surface area (Å²) in [7, 11) is 0. The summed E-state index contributed by atoms with van der Waals surface area (Å²) in [5, 5.41) is 0. The van der Waals surface area contributed by atoms with Crippen LogP contribution in [0, 0.1) is 5.41 Å². The van der Waals surface area contributed by atoms with Crippen LogP contribution in [-0.4, -0.2) is 19.0 Å². The van der Waals surface area contributed by atoms with Crippen LogP contribution in [0.5, 0.6) is 0 Å². The lowest BCUT2D eigenvalue weighted by Gasteiger charge is -2.40. The maximum atomic E-state index is 5.15. The molecule has 0 radical (unpaired) electrons. The number of thiol groups is 1. The van der Waals surface area contributed by atoms with Crippen LogP contribution in [0.3, 0.4) is 0 Å². The number of ether oxygens (including phenoxy) is 1. The molecule has 0 spiro atoms. The lowest BCUT2D eigenvalue weighted by atomic mass is 9.81. The molecule has 0 unspecified atom stereocenters. The van der Waals surface area contributed by atoms with Gasteiger partial charge in [0.05, 0.1) is 13.2 Å². The normalized spacial score (nSPS) is 23.3. The second-order valence-electron chi connectivity index (χ2n) is 2.82. The fourth-order valence-electron chi connectivity index (χ4n) is 1.15. The van der Waals surface area contributed by atoms with Gasteiger partial charge in [-0.3, -0.25) is 0 Å². The van der Waals surface area contributed by atoms with Crippen molar-refractivity contribution in [2.75, 3.05) is 19.0 Å². The third-order valence-corrected chi connectivity index (χ3v) is 2.43. The van der Waals surface area contributed by atoms with Crippen molar-refractivity contribution in [1.29, 1.82) is 0 Å². The molecule has 54 valence electrons. The molecule has 0 atom stereocenters. The lowest BCUT2D eigenvalue weighted by Crippen LogP contribution is -2.42. The average Bonchev–Trinajstić information content (AvgIpc) is 1.79. The van der Waals surface area contributed by atoms with Crippen molar-refractivity contribution >= 4 is 12.6 Å². The summed E-state index contributed by atoms with van der Waals surface area (Å²) in [6.07, 6.45) is 2.46. The van der Waals surface area contributed by atoms with E-state index in [1.54, 1.807) is 0 Å². The molecular formula is C7H14OS. The van der Waals surface area contributed by atoms with Crippen LogP contribution in [0.15, 0.2) is 0 Å². The Bertz CT molecular complexity index is 83.4. The Hall–Kier alpha value is 0.310. The molecule has 1 heterocycles. The molecule has 2 heteroatoms. The summed E-state index contributed by atoms with van der Waals surface area (Å²) in [4.78, 5) is 0. The maximum Gasteiger partial charge on any atom is 0.0544 e. The van der Waals surface area contributed by atoms with Gasteiger partial charge < -0.3 is 4.74 Å². The van der Waals surface area contributed by atoms with Crippen molar-refractivity contribution in [3.8, 4) is 0 Å². The van der Waals surface area contributed by atoms with Crippen molar-refractivity contribution in [2.24, 2.45) is 5.41 Å². The van der Waals surface area contributed by atoms with E-state index in [0.29, 0.717) is 5.41 Å². The van der Waals surface area contributed by atoms with Gasteiger partial charge in [0.1, 0.15) is 0 Å². The Labute approximate surface area is 62.2 Å². The Kier molecular flexibility index (Phi) is 2.42. The van der Waals surface area contributed by atoms with E-state index < -0.39 is 0 Å². The van der Waals surface area contributed by atoms with Gasteiger partial charge in [-0.05, 0) is 18.6 Å². The highest BCUT2D eigenvalue weighted by Crippen LogP contribution is 2.34. The van der Waals surface area contributed by atoms with Gasteiger partial charge in [0.25, 0.3) is 0 Å². The van der Waals surface area contributed by atoms with Crippen LogP contribution in [0.25, 0.3) is 0 Å². The fourth-order valence-corrected chi connectivity index (χ4v) is 1.63. The summed E-state index contributed by atoms with van der Waals surface area (Å²) >= 11 is 4.20. The molecule has 0 aromatic rings. The Morgan fingerprint density at radius 1 is 1.56 bits per heavy atom. The van der Waals surface area contributed by atoms with Crippen LogP contribution in [0.1, 0.15) is 19.8 Å². The van der Waals surface area contributed by atoms with Gasteiger partial charge in [0.15, 0.2) is 0 Å². The predicted molar refractivity (Wildman–Crippen MR) is 42.0 cm³/mol. The first-order valence-corrected chi connectivity index (χ1v) is 4.15. The summed E-state index contributed by atoms with van der Waals surface area (Å²) in [5.74, 6) is 0.997. The molecule has 0 aromatic heterocycles. The summed E-state index contributed by atoms with van der Waals surface area (Å²) in [6, 6.07) is 0. The minimum Gasteiger partial charge on any atom is -0.380 e. The SMILES string of the molecule is CCC1(CCS)COC1. The molecular weight excluding hydrogens is 132 g/mol. The Morgan fingerprint density at radius 2 is 2.22 bits per heavy atom. The predicted octanol–water partition coefficient (Wildman–Crippen LogP) is 1.73. The number of rotatable bonds is 3. The molecule has 1 saturated heterocycles. The van der Waals surface area contributed by atoms with E-state index in [4.69, 9.17) is 4.74 Å². The van der Waals surface area contributed by atoms with Gasteiger partial charge in [-0.25, -0.2) is 0 Å². The molecule has 0 saturated carbocycles. The van der Waals surface area contributed by atoms with E-state index in [-0.39, 0.29) is 0 Å².